The van der Waals surface area contributed by atoms with E-state index >= 15 is 0 Å². The third kappa shape index (κ3) is 7.01. The van der Waals surface area contributed by atoms with Gasteiger partial charge in [-0.25, -0.2) is 4.79 Å². The van der Waals surface area contributed by atoms with E-state index in [-0.39, 0.29) is 11.9 Å². The number of hydrogen-bond acceptors (Lipinski definition) is 9. The van der Waals surface area contributed by atoms with Crippen molar-refractivity contribution in [3.63, 3.8) is 0 Å². The smallest absolute Gasteiger partial charge is 0.329 e. The molecule has 11 nitrogen and oxygen atoms in total. The Morgan fingerprint density at radius 2 is 1.46 bits per heavy atom. The van der Waals surface area contributed by atoms with Crippen LogP contribution in [-0.2, 0) is 0 Å². The minimum atomic E-state index is -0.157. The third-order valence-electron chi connectivity index (χ3n) is 7.78. The maximum atomic E-state index is 13.4. The molecule has 4 heterocycles. The van der Waals surface area contributed by atoms with E-state index in [0.717, 1.165) is 91.3 Å². The number of imidazole rings is 1. The summed E-state index contributed by atoms with van der Waals surface area (Å²) >= 11 is 0. The molecule has 208 valence electrons. The number of nitrogens with two attached hydrogens (primary N) is 1. The van der Waals surface area contributed by atoms with E-state index in [0.29, 0.717) is 22.9 Å². The number of rotatable bonds is 13. The topological polar surface area (TPSA) is 115 Å². The van der Waals surface area contributed by atoms with Crippen molar-refractivity contribution in [1.29, 1.82) is 0 Å². The molecule has 11 heteroatoms. The van der Waals surface area contributed by atoms with Gasteiger partial charge < -0.3 is 30.7 Å². The quantitative estimate of drug-likeness (QED) is 0.343. The SMILES string of the molecule is CCCCNc1nc(N)c2[nH]c(=O)n(C(CCN3CCN(CCC)CC3)N3CCN(CCC)CC3)c2n1. The molecule has 1 atom stereocenters. The van der Waals surface area contributed by atoms with Crippen LogP contribution in [0.5, 0.6) is 0 Å². The van der Waals surface area contributed by atoms with Crippen molar-refractivity contribution < 1.29 is 0 Å². The van der Waals surface area contributed by atoms with Crippen molar-refractivity contribution in [1.82, 2.24) is 39.1 Å². The number of nitrogens with zero attached hydrogens (tertiary/aromatic N) is 7. The van der Waals surface area contributed by atoms with Gasteiger partial charge in [-0.3, -0.25) is 9.47 Å². The molecule has 2 aliphatic heterocycles. The van der Waals surface area contributed by atoms with Gasteiger partial charge in [0.05, 0.1) is 6.17 Å². The first-order valence-electron chi connectivity index (χ1n) is 14.5. The number of fused-ring (bicyclic) bond motifs is 1. The van der Waals surface area contributed by atoms with Crippen LogP contribution in [0.2, 0.25) is 0 Å². The number of unbranched alkanes of at least 4 members (excludes halogenated alkanes) is 1. The van der Waals surface area contributed by atoms with Gasteiger partial charge in [-0.2, -0.15) is 9.97 Å². The monoisotopic (exact) mass is 516 g/mol. The van der Waals surface area contributed by atoms with Crippen molar-refractivity contribution in [2.45, 2.75) is 59.0 Å². The summed E-state index contributed by atoms with van der Waals surface area (Å²) in [5.74, 6) is 0.808. The number of nitrogen functional groups attached to an aromatic ring is 1. The number of aromatic nitrogens is 4. The highest BCUT2D eigenvalue weighted by Gasteiger charge is 2.29. The van der Waals surface area contributed by atoms with Crippen molar-refractivity contribution >= 4 is 22.9 Å². The molecule has 0 aliphatic carbocycles. The second kappa shape index (κ2) is 13.5. The minimum absolute atomic E-state index is 0.0727. The van der Waals surface area contributed by atoms with Crippen LogP contribution in [0.4, 0.5) is 11.8 Å². The molecule has 4 N–H and O–H groups in total. The lowest BCUT2D eigenvalue weighted by atomic mass is 10.2. The predicted octanol–water partition coefficient (Wildman–Crippen LogP) is 1.86. The van der Waals surface area contributed by atoms with Crippen molar-refractivity contribution in [3.05, 3.63) is 10.5 Å². The average molecular weight is 517 g/mol. The summed E-state index contributed by atoms with van der Waals surface area (Å²) in [4.78, 5) is 35.6. The molecule has 0 radical (unpaired) electrons. The summed E-state index contributed by atoms with van der Waals surface area (Å²) in [6.45, 7) is 19.0. The zero-order valence-corrected chi connectivity index (χ0v) is 23.2. The summed E-state index contributed by atoms with van der Waals surface area (Å²) in [7, 11) is 0. The first-order chi connectivity index (χ1) is 18.0. The summed E-state index contributed by atoms with van der Waals surface area (Å²) in [5.41, 5.74) is 7.28. The lowest BCUT2D eigenvalue weighted by Gasteiger charge is -2.41. The van der Waals surface area contributed by atoms with Crippen LogP contribution in [0.25, 0.3) is 11.2 Å². The Morgan fingerprint density at radius 3 is 2.05 bits per heavy atom. The van der Waals surface area contributed by atoms with E-state index in [4.69, 9.17) is 10.7 Å². The predicted molar refractivity (Wildman–Crippen MR) is 151 cm³/mol. The van der Waals surface area contributed by atoms with Gasteiger partial charge >= 0.3 is 5.69 Å². The summed E-state index contributed by atoms with van der Waals surface area (Å²) in [6, 6.07) is 0. The van der Waals surface area contributed by atoms with Gasteiger partial charge in [0, 0.05) is 65.4 Å². The fourth-order valence-electron chi connectivity index (χ4n) is 5.68. The number of hydrogen-bond donors (Lipinski definition) is 3. The second-order valence-corrected chi connectivity index (χ2v) is 10.5. The fourth-order valence-corrected chi connectivity index (χ4v) is 5.68. The summed E-state index contributed by atoms with van der Waals surface area (Å²) < 4.78 is 1.85. The first-order valence-corrected chi connectivity index (χ1v) is 14.5. The Kier molecular flexibility index (Phi) is 10.2. The Morgan fingerprint density at radius 1 is 0.865 bits per heavy atom. The Hall–Kier alpha value is -2.21. The number of piperazine rings is 2. The Bertz CT molecular complexity index is 1020. The maximum Gasteiger partial charge on any atom is 0.329 e. The highest BCUT2D eigenvalue weighted by Crippen LogP contribution is 2.25. The van der Waals surface area contributed by atoms with Crippen LogP contribution >= 0.6 is 0 Å². The van der Waals surface area contributed by atoms with Gasteiger partial charge in [0.1, 0.15) is 5.52 Å². The summed E-state index contributed by atoms with van der Waals surface area (Å²) in [6.07, 6.45) is 5.28. The normalized spacial score (nSPS) is 19.5. The lowest BCUT2D eigenvalue weighted by molar-refractivity contribution is 0.0484. The molecular weight excluding hydrogens is 468 g/mol. The number of aromatic amines is 1. The van der Waals surface area contributed by atoms with Crippen LogP contribution in [0, 0.1) is 0 Å². The van der Waals surface area contributed by atoms with Crippen LogP contribution in [0.15, 0.2) is 4.79 Å². The fraction of sp³-hybridized carbons (Fsp3) is 0.808. The van der Waals surface area contributed by atoms with Gasteiger partial charge in [0.25, 0.3) is 0 Å². The molecule has 1 unspecified atom stereocenters. The van der Waals surface area contributed by atoms with Crippen LogP contribution in [0.1, 0.15) is 59.0 Å². The van der Waals surface area contributed by atoms with E-state index in [2.05, 4.69) is 55.7 Å². The van der Waals surface area contributed by atoms with E-state index in [1.807, 2.05) is 4.57 Å². The molecular formula is C26H48N10O. The standard InChI is InChI=1S/C26H48N10O/c1-4-7-9-28-25-30-23(27)22-24(31-25)36(26(37)29-22)21(35-19-17-33(11-6-3)18-20-35)8-12-34-15-13-32(10-5-2)14-16-34/h21H,4-20H2,1-3H3,(H,29,37)(H3,27,28,30,31). The van der Waals surface area contributed by atoms with E-state index in [1.54, 1.807) is 0 Å². The molecule has 0 saturated carbocycles. The molecule has 2 aromatic heterocycles. The van der Waals surface area contributed by atoms with Gasteiger partial charge in [-0.15, -0.1) is 0 Å². The zero-order chi connectivity index (χ0) is 26.2. The third-order valence-corrected chi connectivity index (χ3v) is 7.78. The highest BCUT2D eigenvalue weighted by molar-refractivity contribution is 5.82. The number of anilines is 2. The van der Waals surface area contributed by atoms with Gasteiger partial charge in [0.15, 0.2) is 11.5 Å². The molecule has 2 saturated heterocycles. The average Bonchev–Trinajstić information content (AvgIpc) is 3.23. The van der Waals surface area contributed by atoms with Gasteiger partial charge in [-0.1, -0.05) is 27.2 Å². The molecule has 2 aromatic rings. The van der Waals surface area contributed by atoms with Gasteiger partial charge in [-0.05, 0) is 38.8 Å². The van der Waals surface area contributed by atoms with Gasteiger partial charge in [0.2, 0.25) is 5.95 Å². The molecule has 4 rings (SSSR count). The second-order valence-electron chi connectivity index (χ2n) is 10.5. The van der Waals surface area contributed by atoms with Crippen molar-refractivity contribution in [2.75, 3.05) is 89.6 Å². The molecule has 0 spiro atoms. The molecule has 2 fully saturated rings. The van der Waals surface area contributed by atoms with Crippen molar-refractivity contribution in [2.24, 2.45) is 0 Å². The van der Waals surface area contributed by atoms with Crippen LogP contribution in [0.3, 0.4) is 0 Å². The number of nitrogens with one attached hydrogen (secondary N) is 2. The molecule has 37 heavy (non-hydrogen) atoms. The van der Waals surface area contributed by atoms with Crippen molar-refractivity contribution in [3.8, 4) is 0 Å². The molecule has 0 amide bonds. The Balaban J connectivity index is 1.57. The van der Waals surface area contributed by atoms with E-state index in [9.17, 15) is 4.79 Å². The van der Waals surface area contributed by atoms with E-state index in [1.165, 1.54) is 19.4 Å². The van der Waals surface area contributed by atoms with Crippen LogP contribution < -0.4 is 16.7 Å². The maximum absolute atomic E-state index is 13.4. The molecule has 2 aliphatic rings. The molecule has 0 aromatic carbocycles. The minimum Gasteiger partial charge on any atom is -0.382 e. The largest absolute Gasteiger partial charge is 0.382 e. The lowest BCUT2D eigenvalue weighted by Crippen LogP contribution is -2.51. The summed E-state index contributed by atoms with van der Waals surface area (Å²) in [5, 5.41) is 3.29. The molecule has 0 bridgehead atoms. The first kappa shape index (κ1) is 27.8. The highest BCUT2D eigenvalue weighted by atomic mass is 16.1. The van der Waals surface area contributed by atoms with Crippen LogP contribution in [-0.4, -0.2) is 118 Å². The number of H-pyrrole nitrogens is 1. The Labute approximate surface area is 221 Å². The zero-order valence-electron chi connectivity index (χ0n) is 23.2. The van der Waals surface area contributed by atoms with E-state index < -0.39 is 0 Å².